The molecule has 1 N–H and O–H groups in total. The largest absolute Gasteiger partial charge is 0.329 e. The second-order valence-corrected chi connectivity index (χ2v) is 1.91. The average Bonchev–Trinajstić information content (AvgIpc) is 2.07. The minimum Gasteiger partial charge on any atom is -0.329 e. The molecule has 0 unspecified atom stereocenters. The minimum atomic E-state index is -0.164. The first-order valence-electron chi connectivity index (χ1n) is 3.16. The molecular weight excluding hydrogens is 140 g/mol. The van der Waals surface area contributed by atoms with Gasteiger partial charge in [-0.05, 0) is 18.3 Å². The van der Waals surface area contributed by atoms with Crippen LogP contribution in [0.2, 0.25) is 0 Å². The zero-order valence-corrected chi connectivity index (χ0v) is 5.95. The van der Waals surface area contributed by atoms with E-state index in [1.165, 1.54) is 6.20 Å². The third-order valence-corrected chi connectivity index (χ3v) is 1.18. The van der Waals surface area contributed by atoms with Gasteiger partial charge in [-0.2, -0.15) is 0 Å². The van der Waals surface area contributed by atoms with Crippen molar-refractivity contribution in [3.8, 4) is 0 Å². The predicted molar refractivity (Wildman–Crippen MR) is 41.9 cm³/mol. The van der Waals surface area contributed by atoms with Crippen molar-refractivity contribution in [1.29, 1.82) is 0 Å². The number of aromatic nitrogens is 1. The molecule has 0 radical (unpaired) electrons. The van der Waals surface area contributed by atoms with Gasteiger partial charge in [-0.25, -0.2) is 0 Å². The lowest BCUT2D eigenvalue weighted by Crippen LogP contribution is -2.16. The van der Waals surface area contributed by atoms with Crippen LogP contribution in [0.1, 0.15) is 10.4 Å². The van der Waals surface area contributed by atoms with Crippen LogP contribution in [0.15, 0.2) is 37.3 Å². The summed E-state index contributed by atoms with van der Waals surface area (Å²) < 4.78 is 0. The molecule has 3 heteroatoms. The van der Waals surface area contributed by atoms with E-state index < -0.39 is 0 Å². The molecule has 0 aliphatic rings. The van der Waals surface area contributed by atoms with Crippen LogP contribution in [0.25, 0.3) is 0 Å². The highest BCUT2D eigenvalue weighted by Gasteiger charge is 1.99. The maximum absolute atomic E-state index is 11.0. The molecule has 0 spiro atoms. The number of carbonyl (C=O) groups is 1. The Kier molecular flexibility index (Phi) is 2.38. The average molecular weight is 148 g/mol. The van der Waals surface area contributed by atoms with Crippen LogP contribution in [0.4, 0.5) is 0 Å². The molecule has 1 rings (SSSR count). The Hall–Kier alpha value is -1.64. The van der Waals surface area contributed by atoms with Gasteiger partial charge < -0.3 is 5.32 Å². The standard InChI is InChI=1S/C8H8N2O/c1-2-10-8(11)7-3-5-9-6-4-7/h2-6H,1H2,(H,10,11). The molecule has 0 aromatic carbocycles. The van der Waals surface area contributed by atoms with E-state index in [1.807, 2.05) is 0 Å². The third kappa shape index (κ3) is 1.89. The number of amides is 1. The molecule has 11 heavy (non-hydrogen) atoms. The zero-order valence-electron chi connectivity index (χ0n) is 5.95. The number of nitrogens with zero attached hydrogens (tertiary/aromatic N) is 1. The Bertz CT molecular complexity index is 256. The normalized spacial score (nSPS) is 8.73. The van der Waals surface area contributed by atoms with E-state index in [2.05, 4.69) is 16.9 Å². The van der Waals surface area contributed by atoms with Crippen molar-refractivity contribution in [1.82, 2.24) is 10.3 Å². The number of hydrogen-bond donors (Lipinski definition) is 1. The lowest BCUT2D eigenvalue weighted by atomic mass is 10.2. The Morgan fingerprint density at radius 3 is 2.73 bits per heavy atom. The second kappa shape index (κ2) is 3.51. The van der Waals surface area contributed by atoms with E-state index in [0.29, 0.717) is 5.56 Å². The van der Waals surface area contributed by atoms with E-state index in [0.717, 1.165) is 0 Å². The Labute approximate surface area is 64.8 Å². The van der Waals surface area contributed by atoms with Crippen LogP contribution in [0.5, 0.6) is 0 Å². The summed E-state index contributed by atoms with van der Waals surface area (Å²) in [5, 5.41) is 2.46. The number of nitrogens with one attached hydrogen (secondary N) is 1. The molecule has 0 aliphatic heterocycles. The topological polar surface area (TPSA) is 42.0 Å². The van der Waals surface area contributed by atoms with Gasteiger partial charge in [-0.15, -0.1) is 0 Å². The highest BCUT2D eigenvalue weighted by Crippen LogP contribution is 1.94. The molecule has 0 fully saturated rings. The van der Waals surface area contributed by atoms with Crippen molar-refractivity contribution in [3.63, 3.8) is 0 Å². The van der Waals surface area contributed by atoms with Gasteiger partial charge in [0.2, 0.25) is 0 Å². The summed E-state index contributed by atoms with van der Waals surface area (Å²) in [5.41, 5.74) is 0.583. The summed E-state index contributed by atoms with van der Waals surface area (Å²) in [4.78, 5) is 14.8. The minimum absolute atomic E-state index is 0.164. The van der Waals surface area contributed by atoms with Gasteiger partial charge in [0, 0.05) is 18.0 Å². The number of pyridine rings is 1. The highest BCUT2D eigenvalue weighted by molar-refractivity contribution is 5.94. The Balaban J connectivity index is 2.77. The van der Waals surface area contributed by atoms with Crippen LogP contribution in [0.3, 0.4) is 0 Å². The second-order valence-electron chi connectivity index (χ2n) is 1.91. The Morgan fingerprint density at radius 1 is 1.55 bits per heavy atom. The molecule has 1 heterocycles. The smallest absolute Gasteiger partial charge is 0.255 e. The molecule has 0 bridgehead atoms. The molecule has 0 aliphatic carbocycles. The lowest BCUT2D eigenvalue weighted by Gasteiger charge is -1.96. The summed E-state index contributed by atoms with van der Waals surface area (Å²) >= 11 is 0. The van der Waals surface area contributed by atoms with Gasteiger partial charge >= 0.3 is 0 Å². The van der Waals surface area contributed by atoms with Gasteiger partial charge in [0.1, 0.15) is 0 Å². The van der Waals surface area contributed by atoms with Crippen molar-refractivity contribution in [2.75, 3.05) is 0 Å². The van der Waals surface area contributed by atoms with Crippen molar-refractivity contribution in [2.45, 2.75) is 0 Å². The molecule has 1 aromatic rings. The van der Waals surface area contributed by atoms with E-state index in [1.54, 1.807) is 24.5 Å². The summed E-state index contributed by atoms with van der Waals surface area (Å²) in [6.07, 6.45) is 4.48. The maximum atomic E-state index is 11.0. The van der Waals surface area contributed by atoms with Crippen LogP contribution in [0, 0.1) is 0 Å². The molecule has 1 aromatic heterocycles. The van der Waals surface area contributed by atoms with Crippen molar-refractivity contribution >= 4 is 5.91 Å². The van der Waals surface area contributed by atoms with E-state index >= 15 is 0 Å². The molecule has 0 atom stereocenters. The fraction of sp³-hybridized carbons (Fsp3) is 0. The maximum Gasteiger partial charge on any atom is 0.255 e. The number of hydrogen-bond acceptors (Lipinski definition) is 2. The van der Waals surface area contributed by atoms with Crippen LogP contribution in [-0.4, -0.2) is 10.9 Å². The third-order valence-electron chi connectivity index (χ3n) is 1.18. The van der Waals surface area contributed by atoms with Gasteiger partial charge in [0.25, 0.3) is 5.91 Å². The van der Waals surface area contributed by atoms with E-state index in [-0.39, 0.29) is 5.91 Å². The summed E-state index contributed by atoms with van der Waals surface area (Å²) in [6.45, 7) is 3.38. The fourth-order valence-corrected chi connectivity index (χ4v) is 0.679. The quantitative estimate of drug-likeness (QED) is 0.678. The predicted octanol–water partition coefficient (Wildman–Crippen LogP) is 0.955. The molecular formula is C8H8N2O. The first kappa shape index (κ1) is 7.47. The fourth-order valence-electron chi connectivity index (χ4n) is 0.679. The lowest BCUT2D eigenvalue weighted by molar-refractivity contribution is 0.0970. The van der Waals surface area contributed by atoms with Crippen molar-refractivity contribution in [3.05, 3.63) is 42.9 Å². The number of carbonyl (C=O) groups excluding carboxylic acids is 1. The summed E-state index contributed by atoms with van der Waals surface area (Å²) in [5.74, 6) is -0.164. The molecule has 1 amide bonds. The van der Waals surface area contributed by atoms with E-state index in [4.69, 9.17) is 0 Å². The van der Waals surface area contributed by atoms with Gasteiger partial charge in [0.15, 0.2) is 0 Å². The monoisotopic (exact) mass is 148 g/mol. The number of rotatable bonds is 2. The molecule has 0 saturated carbocycles. The SMILES string of the molecule is C=CNC(=O)c1ccncc1. The van der Waals surface area contributed by atoms with Gasteiger partial charge in [0.05, 0.1) is 0 Å². The molecule has 0 saturated heterocycles. The first-order valence-corrected chi connectivity index (χ1v) is 3.16. The highest BCUT2D eigenvalue weighted by atomic mass is 16.1. The van der Waals surface area contributed by atoms with E-state index in [9.17, 15) is 4.79 Å². The van der Waals surface area contributed by atoms with Crippen LogP contribution in [-0.2, 0) is 0 Å². The summed E-state index contributed by atoms with van der Waals surface area (Å²) in [7, 11) is 0. The Morgan fingerprint density at radius 2 is 2.18 bits per heavy atom. The zero-order chi connectivity index (χ0) is 8.10. The van der Waals surface area contributed by atoms with Crippen LogP contribution >= 0.6 is 0 Å². The summed E-state index contributed by atoms with van der Waals surface area (Å²) in [6, 6.07) is 3.28. The molecule has 3 nitrogen and oxygen atoms in total. The van der Waals surface area contributed by atoms with Crippen molar-refractivity contribution < 1.29 is 4.79 Å². The van der Waals surface area contributed by atoms with Gasteiger partial charge in [-0.3, -0.25) is 9.78 Å². The molecule has 56 valence electrons. The van der Waals surface area contributed by atoms with Crippen molar-refractivity contribution in [2.24, 2.45) is 0 Å². The van der Waals surface area contributed by atoms with Crippen LogP contribution < -0.4 is 5.32 Å². The first-order chi connectivity index (χ1) is 5.34. The van der Waals surface area contributed by atoms with Gasteiger partial charge in [-0.1, -0.05) is 6.58 Å².